The lowest BCUT2D eigenvalue weighted by Crippen LogP contribution is -2.49. The molecule has 1 N–H and O–H groups in total. The van der Waals surface area contributed by atoms with Gasteiger partial charge in [0.1, 0.15) is 5.75 Å². The predicted molar refractivity (Wildman–Crippen MR) is 84.5 cm³/mol. The predicted octanol–water partition coefficient (Wildman–Crippen LogP) is 4.30. The molecule has 1 aromatic rings. The maximum absolute atomic E-state index is 12.2. The van der Waals surface area contributed by atoms with Gasteiger partial charge in [0.25, 0.3) is 0 Å². The van der Waals surface area contributed by atoms with Crippen LogP contribution in [0.3, 0.4) is 0 Å². The number of ketones is 1. The summed E-state index contributed by atoms with van der Waals surface area (Å²) in [5, 5.41) is 9.78. The van der Waals surface area contributed by atoms with E-state index in [4.69, 9.17) is 0 Å². The molecule has 2 nitrogen and oxygen atoms in total. The molecule has 0 unspecified atom stereocenters. The van der Waals surface area contributed by atoms with Crippen LogP contribution in [0.1, 0.15) is 57.6 Å². The fraction of sp³-hybridized carbons (Fsp3) is 0.526. The Morgan fingerprint density at radius 2 is 2.00 bits per heavy atom. The molecule has 0 amide bonds. The number of aromatic hydroxyl groups is 1. The van der Waals surface area contributed by atoms with Crippen molar-refractivity contribution in [3.05, 3.63) is 41.0 Å². The summed E-state index contributed by atoms with van der Waals surface area (Å²) in [6.45, 7) is 6.76. The van der Waals surface area contributed by atoms with Gasteiger partial charge < -0.3 is 5.11 Å². The SMILES string of the molecule is CCC[C@]1(C)CC(=O)C=C2CCc3cc(O)ccc3[C@@]21C. The van der Waals surface area contributed by atoms with Crippen LogP contribution in [0.4, 0.5) is 0 Å². The van der Waals surface area contributed by atoms with Gasteiger partial charge in [0.15, 0.2) is 5.78 Å². The normalized spacial score (nSPS) is 31.4. The molecule has 2 heteroatoms. The van der Waals surface area contributed by atoms with Gasteiger partial charge in [-0.2, -0.15) is 0 Å². The number of rotatable bonds is 2. The van der Waals surface area contributed by atoms with Gasteiger partial charge in [0.2, 0.25) is 0 Å². The molecular weight excluding hydrogens is 260 g/mol. The first-order chi connectivity index (χ1) is 9.90. The molecule has 3 rings (SSSR count). The second-order valence-electron chi connectivity index (χ2n) is 7.09. The van der Waals surface area contributed by atoms with Gasteiger partial charge in [0, 0.05) is 11.8 Å². The summed E-state index contributed by atoms with van der Waals surface area (Å²) in [5.41, 5.74) is 3.72. The number of allylic oxidation sites excluding steroid dienone is 2. The highest BCUT2D eigenvalue weighted by atomic mass is 16.3. The summed E-state index contributed by atoms with van der Waals surface area (Å²) >= 11 is 0. The summed E-state index contributed by atoms with van der Waals surface area (Å²) < 4.78 is 0. The average Bonchev–Trinajstić information content (AvgIpc) is 2.40. The van der Waals surface area contributed by atoms with Gasteiger partial charge in [-0.3, -0.25) is 4.79 Å². The van der Waals surface area contributed by atoms with Crippen LogP contribution in [-0.2, 0) is 16.6 Å². The largest absolute Gasteiger partial charge is 0.508 e. The molecule has 0 aliphatic heterocycles. The van der Waals surface area contributed by atoms with Crippen molar-refractivity contribution in [3.8, 4) is 5.75 Å². The fourth-order valence-electron chi connectivity index (χ4n) is 4.59. The van der Waals surface area contributed by atoms with Gasteiger partial charge in [-0.1, -0.05) is 38.8 Å². The van der Waals surface area contributed by atoms with Crippen molar-refractivity contribution in [2.45, 2.75) is 58.3 Å². The molecule has 0 radical (unpaired) electrons. The summed E-state index contributed by atoms with van der Waals surface area (Å²) in [6.07, 6.45) is 6.50. The monoisotopic (exact) mass is 284 g/mol. The molecule has 2 atom stereocenters. The highest BCUT2D eigenvalue weighted by Crippen LogP contribution is 2.58. The molecule has 0 saturated heterocycles. The molecule has 0 saturated carbocycles. The fourth-order valence-corrected chi connectivity index (χ4v) is 4.59. The van der Waals surface area contributed by atoms with Crippen molar-refractivity contribution in [2.24, 2.45) is 5.41 Å². The minimum absolute atomic E-state index is 0.0327. The van der Waals surface area contributed by atoms with Crippen LogP contribution in [0.5, 0.6) is 5.75 Å². The number of phenolic OH excluding ortho intramolecular Hbond substituents is 1. The average molecular weight is 284 g/mol. The lowest BCUT2D eigenvalue weighted by atomic mass is 9.49. The van der Waals surface area contributed by atoms with Gasteiger partial charge in [0.05, 0.1) is 0 Å². The maximum Gasteiger partial charge on any atom is 0.156 e. The summed E-state index contributed by atoms with van der Waals surface area (Å²) in [6, 6.07) is 5.76. The highest BCUT2D eigenvalue weighted by Gasteiger charge is 2.52. The summed E-state index contributed by atoms with van der Waals surface area (Å²) in [4.78, 5) is 12.2. The Kier molecular flexibility index (Phi) is 3.23. The van der Waals surface area contributed by atoms with Gasteiger partial charge >= 0.3 is 0 Å². The topological polar surface area (TPSA) is 37.3 Å². The van der Waals surface area contributed by atoms with Crippen LogP contribution in [-0.4, -0.2) is 10.9 Å². The van der Waals surface area contributed by atoms with E-state index in [2.05, 4.69) is 26.8 Å². The molecule has 0 bridgehead atoms. The Morgan fingerprint density at radius 1 is 1.24 bits per heavy atom. The molecule has 1 aromatic carbocycles. The molecule has 2 aliphatic rings. The number of hydrogen-bond donors (Lipinski definition) is 1. The zero-order chi connectivity index (χ0) is 15.3. The standard InChI is InChI=1S/C19H24O2/c1-4-9-18(2)12-16(21)11-14-6-5-13-10-15(20)7-8-17(13)19(14,18)3/h7-8,10-11,20H,4-6,9,12H2,1-3H3/t18-,19-/m1/s1. The number of phenols is 1. The molecule has 2 aliphatic carbocycles. The number of hydrogen-bond acceptors (Lipinski definition) is 2. The van der Waals surface area contributed by atoms with Crippen molar-refractivity contribution in [2.75, 3.05) is 0 Å². The van der Waals surface area contributed by atoms with E-state index in [9.17, 15) is 9.90 Å². The third-order valence-electron chi connectivity index (χ3n) is 5.84. The van der Waals surface area contributed by atoms with Crippen LogP contribution < -0.4 is 0 Å². The van der Waals surface area contributed by atoms with Crippen LogP contribution in [0, 0.1) is 5.41 Å². The van der Waals surface area contributed by atoms with E-state index in [-0.39, 0.29) is 16.6 Å². The van der Waals surface area contributed by atoms with Crippen LogP contribution in [0.25, 0.3) is 0 Å². The Labute approximate surface area is 126 Å². The zero-order valence-electron chi connectivity index (χ0n) is 13.2. The number of carbonyl (C=O) groups is 1. The smallest absolute Gasteiger partial charge is 0.156 e. The van der Waals surface area contributed by atoms with E-state index in [0.29, 0.717) is 12.2 Å². The Balaban J connectivity index is 2.23. The zero-order valence-corrected chi connectivity index (χ0v) is 13.2. The summed E-state index contributed by atoms with van der Waals surface area (Å²) in [5.74, 6) is 0.620. The van der Waals surface area contributed by atoms with E-state index >= 15 is 0 Å². The number of aryl methyl sites for hydroxylation is 1. The maximum atomic E-state index is 12.2. The van der Waals surface area contributed by atoms with Gasteiger partial charge in [-0.15, -0.1) is 0 Å². The molecular formula is C19H24O2. The Morgan fingerprint density at radius 3 is 2.71 bits per heavy atom. The molecule has 0 spiro atoms. The first-order valence-corrected chi connectivity index (χ1v) is 7.97. The first kappa shape index (κ1) is 14.4. The quantitative estimate of drug-likeness (QED) is 0.879. The number of carbonyl (C=O) groups excluding carboxylic acids is 1. The van der Waals surface area contributed by atoms with E-state index in [1.807, 2.05) is 12.1 Å². The van der Waals surface area contributed by atoms with Crippen molar-refractivity contribution in [3.63, 3.8) is 0 Å². The Bertz CT molecular complexity index is 628. The van der Waals surface area contributed by atoms with E-state index < -0.39 is 0 Å². The van der Waals surface area contributed by atoms with Crippen LogP contribution in [0.15, 0.2) is 29.8 Å². The minimum Gasteiger partial charge on any atom is -0.508 e. The van der Waals surface area contributed by atoms with Crippen LogP contribution >= 0.6 is 0 Å². The van der Waals surface area contributed by atoms with E-state index in [1.54, 1.807) is 6.07 Å². The molecule has 0 fully saturated rings. The third-order valence-corrected chi connectivity index (χ3v) is 5.84. The lowest BCUT2D eigenvalue weighted by Gasteiger charge is -2.53. The van der Waals surface area contributed by atoms with Crippen molar-refractivity contribution in [1.29, 1.82) is 0 Å². The minimum atomic E-state index is -0.0851. The second kappa shape index (κ2) is 4.72. The first-order valence-electron chi connectivity index (χ1n) is 7.97. The Hall–Kier alpha value is -1.57. The molecule has 21 heavy (non-hydrogen) atoms. The molecule has 0 aromatic heterocycles. The van der Waals surface area contributed by atoms with Crippen LogP contribution in [0.2, 0.25) is 0 Å². The summed E-state index contributed by atoms with van der Waals surface area (Å²) in [7, 11) is 0. The van der Waals surface area contributed by atoms with Gasteiger partial charge in [-0.25, -0.2) is 0 Å². The number of fused-ring (bicyclic) bond motifs is 3. The van der Waals surface area contributed by atoms with Crippen molar-refractivity contribution < 1.29 is 9.90 Å². The van der Waals surface area contributed by atoms with E-state index in [0.717, 1.165) is 25.7 Å². The second-order valence-corrected chi connectivity index (χ2v) is 7.09. The molecule has 112 valence electrons. The third kappa shape index (κ3) is 1.96. The van der Waals surface area contributed by atoms with E-state index in [1.165, 1.54) is 16.7 Å². The number of benzene rings is 1. The molecule has 0 heterocycles. The van der Waals surface area contributed by atoms with Crippen molar-refractivity contribution in [1.82, 2.24) is 0 Å². The highest BCUT2D eigenvalue weighted by molar-refractivity contribution is 5.93. The van der Waals surface area contributed by atoms with Crippen molar-refractivity contribution >= 4 is 5.78 Å². The lowest BCUT2D eigenvalue weighted by molar-refractivity contribution is -0.118. The van der Waals surface area contributed by atoms with Gasteiger partial charge in [-0.05, 0) is 54.0 Å².